The summed E-state index contributed by atoms with van der Waals surface area (Å²) in [6.45, 7) is 6.69. The normalized spacial score (nSPS) is 12.6. The molecule has 8 aromatic rings. The van der Waals surface area contributed by atoms with Crippen molar-refractivity contribution >= 4 is 55.2 Å². The summed E-state index contributed by atoms with van der Waals surface area (Å²) < 4.78 is 2.44. The zero-order valence-electron chi connectivity index (χ0n) is 24.4. The van der Waals surface area contributed by atoms with Crippen molar-refractivity contribution in [1.82, 2.24) is 9.38 Å². The molecule has 3 aromatic heterocycles. The maximum Gasteiger partial charge on any atom is 3.00 e. The largest absolute Gasteiger partial charge is 3.00 e. The molecule has 0 amide bonds. The summed E-state index contributed by atoms with van der Waals surface area (Å²) in [5, 5.41) is 5.18. The Labute approximate surface area is 270 Å². The second kappa shape index (κ2) is 11.4. The predicted molar refractivity (Wildman–Crippen MR) is 179 cm³/mol. The summed E-state index contributed by atoms with van der Waals surface area (Å²) in [6.07, 6.45) is 1.79. The first-order chi connectivity index (χ1) is 21.2. The monoisotopic (exact) mass is 746 g/mol. The Morgan fingerprint density at radius 3 is 2.11 bits per heavy atom. The Hall–Kier alpha value is -4.70. The van der Waals surface area contributed by atoms with Crippen molar-refractivity contribution in [2.75, 3.05) is 9.80 Å². The van der Waals surface area contributed by atoms with Gasteiger partial charge in [-0.25, -0.2) is 0 Å². The molecule has 0 saturated heterocycles. The maximum absolute atomic E-state index is 4.22. The Morgan fingerprint density at radius 2 is 1.34 bits per heavy atom. The van der Waals surface area contributed by atoms with E-state index < -0.39 is 0 Å². The molecular weight excluding hydrogens is 717 g/mol. The molecule has 0 spiro atoms. The average Bonchev–Trinajstić information content (AvgIpc) is 3.73. The Morgan fingerprint density at radius 1 is 0.636 bits per heavy atom. The van der Waals surface area contributed by atoms with Crippen molar-refractivity contribution in [3.05, 3.63) is 146 Å². The van der Waals surface area contributed by atoms with E-state index in [1.165, 1.54) is 49.5 Å². The molecule has 0 unspecified atom stereocenters. The Bertz CT molecular complexity index is 2170. The summed E-state index contributed by atoms with van der Waals surface area (Å²) in [4.78, 5) is 8.87. The molecule has 0 bridgehead atoms. The fraction of sp³-hybridized carbons (Fsp3) is 0.0769. The smallest absolute Gasteiger partial charge is 0.499 e. The summed E-state index contributed by atoms with van der Waals surface area (Å²) >= 11 is 0. The summed E-state index contributed by atoms with van der Waals surface area (Å²) in [7, 11) is 0. The number of fused-ring (bicyclic) bond motifs is 7. The maximum atomic E-state index is 4.22. The number of hydrogen-bond donors (Lipinski definition) is 0. The van der Waals surface area contributed by atoms with Gasteiger partial charge in [0.05, 0.1) is 0 Å². The zero-order chi connectivity index (χ0) is 28.9. The predicted octanol–water partition coefficient (Wildman–Crippen LogP) is 9.67. The van der Waals surface area contributed by atoms with Crippen LogP contribution in [0, 0.1) is 18.8 Å². The first-order valence-corrected chi connectivity index (χ1v) is 14.7. The van der Waals surface area contributed by atoms with Gasteiger partial charge in [-0.3, -0.25) is 0 Å². The second-order valence-electron chi connectivity index (χ2n) is 11.1. The summed E-state index contributed by atoms with van der Waals surface area (Å²) in [6, 6.07) is 49.1. The molecule has 0 aliphatic carbocycles. The number of benzene rings is 5. The number of anilines is 3. The Kier molecular flexibility index (Phi) is 7.29. The van der Waals surface area contributed by atoms with Crippen LogP contribution in [0.15, 0.2) is 128 Å². The number of nitrogens with zero attached hydrogens (tertiary/aromatic N) is 4. The van der Waals surface area contributed by atoms with E-state index in [-0.39, 0.29) is 20.1 Å². The van der Waals surface area contributed by atoms with Crippen LogP contribution in [0.1, 0.15) is 13.8 Å². The van der Waals surface area contributed by atoms with E-state index >= 15 is 0 Å². The third-order valence-electron chi connectivity index (χ3n) is 8.26. The molecule has 1 aliphatic rings. The van der Waals surface area contributed by atoms with Gasteiger partial charge in [-0.05, 0) is 60.8 Å². The number of aromatic nitrogens is 2. The molecule has 5 heteroatoms. The molecule has 1 aliphatic heterocycles. The first kappa shape index (κ1) is 28.1. The SMILES string of the molecule is CC(C)N1[CH-]N(c2[c-]ccc3c4cccc5c6ccccc6n(c23)c54)c2ccccc21.[Ir+3].[c-]1ccccc1-c1ccccn1. The van der Waals surface area contributed by atoms with Crippen LogP contribution in [0.25, 0.3) is 49.4 Å². The fourth-order valence-electron chi connectivity index (χ4n) is 6.37. The van der Waals surface area contributed by atoms with Crippen molar-refractivity contribution in [2.24, 2.45) is 0 Å². The van der Waals surface area contributed by atoms with Crippen molar-refractivity contribution in [1.29, 1.82) is 0 Å². The molecule has 9 rings (SSSR count). The minimum absolute atomic E-state index is 0. The van der Waals surface area contributed by atoms with Crippen LogP contribution in [0.4, 0.5) is 17.1 Å². The molecule has 5 aromatic carbocycles. The molecule has 0 N–H and O–H groups in total. The molecule has 0 fully saturated rings. The molecule has 4 nitrogen and oxygen atoms in total. The molecular formula is C39H29IrN4. The minimum atomic E-state index is 0. The molecule has 4 heterocycles. The van der Waals surface area contributed by atoms with E-state index in [0.717, 1.165) is 16.9 Å². The summed E-state index contributed by atoms with van der Waals surface area (Å²) in [5.41, 5.74) is 9.30. The molecule has 44 heavy (non-hydrogen) atoms. The summed E-state index contributed by atoms with van der Waals surface area (Å²) in [5.74, 6) is 0. The molecule has 0 radical (unpaired) electrons. The van der Waals surface area contributed by atoms with Crippen molar-refractivity contribution < 1.29 is 20.1 Å². The van der Waals surface area contributed by atoms with Crippen LogP contribution in [-0.2, 0) is 20.1 Å². The van der Waals surface area contributed by atoms with Gasteiger partial charge >= 0.3 is 20.1 Å². The molecule has 0 atom stereocenters. The van der Waals surface area contributed by atoms with Gasteiger partial charge in [0, 0.05) is 39.4 Å². The van der Waals surface area contributed by atoms with Gasteiger partial charge in [-0.15, -0.1) is 41.3 Å². The van der Waals surface area contributed by atoms with Gasteiger partial charge in [0.2, 0.25) is 0 Å². The molecule has 214 valence electrons. The van der Waals surface area contributed by atoms with Gasteiger partial charge in [-0.1, -0.05) is 66.4 Å². The first-order valence-electron chi connectivity index (χ1n) is 14.7. The van der Waals surface area contributed by atoms with E-state index in [1.807, 2.05) is 42.5 Å². The van der Waals surface area contributed by atoms with Crippen LogP contribution in [0.3, 0.4) is 0 Å². The van der Waals surface area contributed by atoms with Crippen molar-refractivity contribution in [3.8, 4) is 11.3 Å². The van der Waals surface area contributed by atoms with Crippen LogP contribution in [0.5, 0.6) is 0 Å². The van der Waals surface area contributed by atoms with Crippen molar-refractivity contribution in [3.63, 3.8) is 0 Å². The van der Waals surface area contributed by atoms with E-state index in [1.54, 1.807) is 6.20 Å². The number of hydrogen-bond acceptors (Lipinski definition) is 3. The van der Waals surface area contributed by atoms with E-state index in [2.05, 4.69) is 131 Å². The third-order valence-corrected chi connectivity index (χ3v) is 8.26. The van der Waals surface area contributed by atoms with Crippen LogP contribution in [-0.4, -0.2) is 15.4 Å². The third kappa shape index (κ3) is 4.43. The number of rotatable bonds is 3. The van der Waals surface area contributed by atoms with Gasteiger partial charge in [0.15, 0.2) is 0 Å². The van der Waals surface area contributed by atoms with Gasteiger partial charge in [0.1, 0.15) is 0 Å². The van der Waals surface area contributed by atoms with Gasteiger partial charge in [0.25, 0.3) is 0 Å². The number of pyridine rings is 1. The van der Waals surface area contributed by atoms with E-state index in [0.29, 0.717) is 6.04 Å². The van der Waals surface area contributed by atoms with Crippen LogP contribution in [0.2, 0.25) is 0 Å². The van der Waals surface area contributed by atoms with Crippen molar-refractivity contribution in [2.45, 2.75) is 19.9 Å². The molecule has 0 saturated carbocycles. The Balaban J connectivity index is 0.000000203. The zero-order valence-corrected chi connectivity index (χ0v) is 26.8. The topological polar surface area (TPSA) is 23.8 Å². The average molecular weight is 746 g/mol. The van der Waals surface area contributed by atoms with E-state index in [4.69, 9.17) is 0 Å². The van der Waals surface area contributed by atoms with Crippen LogP contribution >= 0.6 is 0 Å². The standard InChI is InChI=1S/C28H21N3.C11H8N.Ir/c1-18(2)29-17-30(25-15-6-5-14-24(25)29)26-16-8-12-22-21-11-7-10-20-19-9-3-4-13-23(19)31(27(20)21)28(22)26;1-2-6-10(7-3-1)11-8-4-5-9-12-11;/h3-15,17-18H,1-2H3;1-6,8-9H;/q-2;-1;+3. The minimum Gasteiger partial charge on any atom is -0.499 e. The number of para-hydroxylation sites is 4. The van der Waals surface area contributed by atoms with Gasteiger partial charge < -0.3 is 19.2 Å². The van der Waals surface area contributed by atoms with Gasteiger partial charge in [-0.2, -0.15) is 24.9 Å². The second-order valence-corrected chi connectivity index (χ2v) is 11.1. The fourth-order valence-corrected chi connectivity index (χ4v) is 6.37. The van der Waals surface area contributed by atoms with E-state index in [9.17, 15) is 0 Å². The van der Waals surface area contributed by atoms with Crippen LogP contribution < -0.4 is 9.80 Å². The quantitative estimate of drug-likeness (QED) is 0.169.